The number of hydrogen-bond donors (Lipinski definition) is 2. The molecule has 2 N–H and O–H groups in total. The molecule has 1 aliphatic heterocycles. The van der Waals surface area contributed by atoms with Gasteiger partial charge in [-0.3, -0.25) is 9.78 Å². The predicted molar refractivity (Wildman–Crippen MR) is 134 cm³/mol. The van der Waals surface area contributed by atoms with Crippen LogP contribution in [0.4, 0.5) is 11.5 Å². The molecular formula is C26H28N6O2. The van der Waals surface area contributed by atoms with Gasteiger partial charge in [-0.2, -0.15) is 0 Å². The third kappa shape index (κ3) is 4.36. The van der Waals surface area contributed by atoms with Crippen LogP contribution in [0.1, 0.15) is 29.9 Å². The van der Waals surface area contributed by atoms with Crippen LogP contribution in [0, 0.1) is 6.92 Å². The number of aryl methyl sites for hydroxylation is 1. The third-order valence-corrected chi connectivity index (χ3v) is 6.53. The van der Waals surface area contributed by atoms with Gasteiger partial charge < -0.3 is 19.9 Å². The van der Waals surface area contributed by atoms with Crippen molar-refractivity contribution in [3.8, 4) is 17.3 Å². The van der Waals surface area contributed by atoms with E-state index in [1.807, 2.05) is 12.1 Å². The van der Waals surface area contributed by atoms with E-state index in [1.165, 1.54) is 24.0 Å². The molecule has 1 saturated heterocycles. The molecule has 0 bridgehead atoms. The standard InChI is InChI=1S/C26H28N6O2/c1-16-12-19(4-5-20(16)17-7-10-32(2)11-8-17)29-25-24-18(6-9-28-26(24)33)13-21(31-25)22-14-27-15-23(30-22)34-3/h4-6,9,12-15,17H,7-8,10-11H2,1-3H3,(H,28,33)(H,29,31). The maximum Gasteiger partial charge on any atom is 0.259 e. The average Bonchev–Trinajstić information content (AvgIpc) is 2.85. The van der Waals surface area contributed by atoms with E-state index in [9.17, 15) is 4.79 Å². The van der Waals surface area contributed by atoms with Crippen LogP contribution in [0.3, 0.4) is 0 Å². The topological polar surface area (TPSA) is 96.0 Å². The summed E-state index contributed by atoms with van der Waals surface area (Å²) in [6, 6.07) is 10.1. The quantitative estimate of drug-likeness (QED) is 0.463. The monoisotopic (exact) mass is 456 g/mol. The Morgan fingerprint density at radius 1 is 1.09 bits per heavy atom. The molecule has 1 fully saturated rings. The molecule has 3 aromatic heterocycles. The molecule has 4 heterocycles. The normalized spacial score (nSPS) is 14.9. The predicted octanol–water partition coefficient (Wildman–Crippen LogP) is 4.25. The fourth-order valence-electron chi connectivity index (χ4n) is 4.67. The Balaban J connectivity index is 1.53. The van der Waals surface area contributed by atoms with Gasteiger partial charge in [-0.25, -0.2) is 9.97 Å². The van der Waals surface area contributed by atoms with Crippen molar-refractivity contribution in [2.75, 3.05) is 32.6 Å². The zero-order valence-corrected chi connectivity index (χ0v) is 19.6. The molecule has 0 amide bonds. The van der Waals surface area contributed by atoms with Crippen LogP contribution >= 0.6 is 0 Å². The lowest BCUT2D eigenvalue weighted by Crippen LogP contribution is -2.29. The summed E-state index contributed by atoms with van der Waals surface area (Å²) >= 11 is 0. The Kier molecular flexibility index (Phi) is 5.98. The highest BCUT2D eigenvalue weighted by Gasteiger charge is 2.20. The molecule has 4 aromatic rings. The first-order valence-corrected chi connectivity index (χ1v) is 11.5. The minimum Gasteiger partial charge on any atom is -0.480 e. The minimum absolute atomic E-state index is 0.199. The molecule has 0 radical (unpaired) electrons. The fraction of sp³-hybridized carbons (Fsp3) is 0.308. The highest BCUT2D eigenvalue weighted by molar-refractivity contribution is 5.94. The summed E-state index contributed by atoms with van der Waals surface area (Å²) < 4.78 is 5.21. The van der Waals surface area contributed by atoms with Crippen LogP contribution in [-0.4, -0.2) is 52.1 Å². The first-order chi connectivity index (χ1) is 16.5. The Hall–Kier alpha value is -3.78. The first kappa shape index (κ1) is 22.0. The Bertz CT molecular complexity index is 1390. The number of H-pyrrole nitrogens is 1. The van der Waals surface area contributed by atoms with Gasteiger partial charge in [0.1, 0.15) is 11.5 Å². The van der Waals surface area contributed by atoms with E-state index in [4.69, 9.17) is 9.72 Å². The Labute approximate surface area is 198 Å². The number of ether oxygens (including phenoxy) is 1. The third-order valence-electron chi connectivity index (χ3n) is 6.53. The minimum atomic E-state index is -0.199. The number of anilines is 2. The molecule has 0 unspecified atom stereocenters. The van der Waals surface area contributed by atoms with Gasteiger partial charge in [0.05, 0.1) is 30.6 Å². The van der Waals surface area contributed by atoms with Crippen molar-refractivity contribution >= 4 is 22.3 Å². The lowest BCUT2D eigenvalue weighted by Gasteiger charge is -2.30. The SMILES string of the molecule is COc1cncc(-c2cc3cc[nH]c(=O)c3c(Nc3ccc(C4CCN(C)CC4)c(C)c3)n2)n1. The second-order valence-corrected chi connectivity index (χ2v) is 8.85. The van der Waals surface area contributed by atoms with Gasteiger partial charge in [0.25, 0.3) is 5.56 Å². The summed E-state index contributed by atoms with van der Waals surface area (Å²) in [7, 11) is 3.73. The summed E-state index contributed by atoms with van der Waals surface area (Å²) in [6.07, 6.45) is 7.16. The molecule has 0 saturated carbocycles. The van der Waals surface area contributed by atoms with Crippen molar-refractivity contribution in [3.05, 3.63) is 70.4 Å². The summed E-state index contributed by atoms with van der Waals surface area (Å²) in [6.45, 7) is 4.41. The van der Waals surface area contributed by atoms with Gasteiger partial charge in [-0.1, -0.05) is 6.07 Å². The second-order valence-electron chi connectivity index (χ2n) is 8.85. The highest BCUT2D eigenvalue weighted by atomic mass is 16.5. The van der Waals surface area contributed by atoms with Crippen LogP contribution in [0.5, 0.6) is 5.88 Å². The first-order valence-electron chi connectivity index (χ1n) is 11.5. The average molecular weight is 457 g/mol. The number of nitrogens with one attached hydrogen (secondary N) is 2. The molecule has 8 nitrogen and oxygen atoms in total. The maximum absolute atomic E-state index is 12.7. The van der Waals surface area contributed by atoms with Crippen molar-refractivity contribution in [2.45, 2.75) is 25.7 Å². The number of hydrogen-bond acceptors (Lipinski definition) is 7. The van der Waals surface area contributed by atoms with Gasteiger partial charge in [-0.15, -0.1) is 0 Å². The van der Waals surface area contributed by atoms with E-state index in [2.05, 4.69) is 57.3 Å². The van der Waals surface area contributed by atoms with Gasteiger partial charge in [0, 0.05) is 11.9 Å². The second kappa shape index (κ2) is 9.23. The van der Waals surface area contributed by atoms with Gasteiger partial charge >= 0.3 is 0 Å². The van der Waals surface area contributed by atoms with Crippen LogP contribution in [-0.2, 0) is 0 Å². The van der Waals surface area contributed by atoms with Gasteiger partial charge in [0.15, 0.2) is 0 Å². The molecule has 5 rings (SSSR count). The van der Waals surface area contributed by atoms with Crippen molar-refractivity contribution in [1.29, 1.82) is 0 Å². The van der Waals surface area contributed by atoms with E-state index < -0.39 is 0 Å². The van der Waals surface area contributed by atoms with Crippen LogP contribution < -0.4 is 15.6 Å². The summed E-state index contributed by atoms with van der Waals surface area (Å²) in [5, 5.41) is 4.65. The number of methoxy groups -OCH3 is 1. The zero-order valence-electron chi connectivity index (χ0n) is 19.6. The van der Waals surface area contributed by atoms with Gasteiger partial charge in [0.2, 0.25) is 5.88 Å². The lowest BCUT2D eigenvalue weighted by atomic mass is 9.87. The lowest BCUT2D eigenvalue weighted by molar-refractivity contribution is 0.255. The van der Waals surface area contributed by atoms with Crippen molar-refractivity contribution in [2.24, 2.45) is 0 Å². The van der Waals surface area contributed by atoms with Gasteiger partial charge in [-0.05, 0) is 86.6 Å². The van der Waals surface area contributed by atoms with Crippen molar-refractivity contribution in [3.63, 3.8) is 0 Å². The zero-order chi connectivity index (χ0) is 23.7. The number of piperidine rings is 1. The van der Waals surface area contributed by atoms with E-state index in [-0.39, 0.29) is 5.56 Å². The van der Waals surface area contributed by atoms with Crippen molar-refractivity contribution in [1.82, 2.24) is 24.8 Å². The molecule has 0 spiro atoms. The Morgan fingerprint density at radius 3 is 2.68 bits per heavy atom. The molecule has 174 valence electrons. The summed E-state index contributed by atoms with van der Waals surface area (Å²) in [5.74, 6) is 1.47. The molecule has 1 aliphatic rings. The number of rotatable bonds is 5. The van der Waals surface area contributed by atoms with Crippen LogP contribution in [0.25, 0.3) is 22.2 Å². The van der Waals surface area contributed by atoms with Crippen LogP contribution in [0.15, 0.2) is 53.7 Å². The molecule has 34 heavy (non-hydrogen) atoms. The molecule has 0 aliphatic carbocycles. The number of likely N-dealkylation sites (tertiary alicyclic amines) is 1. The summed E-state index contributed by atoms with van der Waals surface area (Å²) in [4.78, 5) is 31.3. The highest BCUT2D eigenvalue weighted by Crippen LogP contribution is 2.33. The molecule has 0 atom stereocenters. The van der Waals surface area contributed by atoms with E-state index in [1.54, 1.807) is 25.7 Å². The largest absolute Gasteiger partial charge is 0.480 e. The number of fused-ring (bicyclic) bond motifs is 1. The van der Waals surface area contributed by atoms with E-state index in [0.717, 1.165) is 24.2 Å². The number of benzene rings is 1. The van der Waals surface area contributed by atoms with Crippen LogP contribution in [0.2, 0.25) is 0 Å². The number of aromatic amines is 1. The van der Waals surface area contributed by atoms with E-state index >= 15 is 0 Å². The van der Waals surface area contributed by atoms with Crippen molar-refractivity contribution < 1.29 is 4.74 Å². The molecular weight excluding hydrogens is 428 g/mol. The maximum atomic E-state index is 12.7. The molecule has 1 aromatic carbocycles. The molecule has 8 heteroatoms. The number of aromatic nitrogens is 4. The number of nitrogens with zero attached hydrogens (tertiary/aromatic N) is 4. The fourth-order valence-corrected chi connectivity index (χ4v) is 4.67. The van der Waals surface area contributed by atoms with E-state index in [0.29, 0.717) is 34.4 Å². The Morgan fingerprint density at radius 2 is 1.91 bits per heavy atom. The smallest absolute Gasteiger partial charge is 0.259 e. The number of pyridine rings is 2. The summed E-state index contributed by atoms with van der Waals surface area (Å²) in [5.41, 5.74) is 4.50.